The molecule has 5 heterocycles. The Morgan fingerprint density at radius 2 is 1.15 bits per heavy atom. The van der Waals surface area contributed by atoms with Crippen molar-refractivity contribution in [3.8, 4) is 0 Å². The first-order valence-corrected chi connectivity index (χ1v) is 29.4. The van der Waals surface area contributed by atoms with Gasteiger partial charge in [-0.25, -0.2) is 0 Å². The number of fused-ring (bicyclic) bond motifs is 7. The molecule has 4 saturated carbocycles. The number of allylic oxidation sites excluding steroid dienone is 3. The van der Waals surface area contributed by atoms with Crippen LogP contribution in [0.4, 0.5) is 0 Å². The van der Waals surface area contributed by atoms with E-state index in [-0.39, 0.29) is 53.3 Å². The summed E-state index contributed by atoms with van der Waals surface area (Å²) < 4.78 is 58.5. The predicted octanol–water partition coefficient (Wildman–Crippen LogP) is -2.38. The summed E-state index contributed by atoms with van der Waals surface area (Å²) in [4.78, 5) is 15.1. The second kappa shape index (κ2) is 23.5. The van der Waals surface area contributed by atoms with Crippen LogP contribution in [0, 0.1) is 44.8 Å². The van der Waals surface area contributed by atoms with Crippen LogP contribution in [0.25, 0.3) is 0 Å². The molecule has 31 unspecified atom stereocenters. The lowest BCUT2D eigenvalue weighted by Gasteiger charge is -2.71. The number of esters is 1. The molecule has 25 nitrogen and oxygen atoms in total. The molecule has 0 amide bonds. The Morgan fingerprint density at radius 3 is 1.79 bits per heavy atom. The lowest BCUT2D eigenvalue weighted by molar-refractivity contribution is -0.346. The van der Waals surface area contributed by atoms with Crippen molar-refractivity contribution in [2.24, 2.45) is 44.8 Å². The van der Waals surface area contributed by atoms with E-state index in [2.05, 4.69) is 47.3 Å². The summed E-state index contributed by atoms with van der Waals surface area (Å²) in [6.07, 6.45) is -27.1. The Hall–Kier alpha value is -1.97. The number of hydrogen-bond donors (Lipinski definition) is 14. The van der Waals surface area contributed by atoms with Crippen LogP contribution in [-0.4, -0.2) is 251 Å². The number of carbonyl (C=O) groups excluding carboxylic acids is 1. The number of carbonyl (C=O) groups is 1. The Bertz CT molecular complexity index is 2310. The van der Waals surface area contributed by atoms with Gasteiger partial charge in [0.25, 0.3) is 0 Å². The molecule has 468 valence electrons. The van der Waals surface area contributed by atoms with Gasteiger partial charge in [-0.15, -0.1) is 0 Å². The van der Waals surface area contributed by atoms with Crippen molar-refractivity contribution < 1.29 is 124 Å². The van der Waals surface area contributed by atoms with Gasteiger partial charge in [0.2, 0.25) is 6.29 Å². The van der Waals surface area contributed by atoms with Gasteiger partial charge in [-0.1, -0.05) is 58.4 Å². The van der Waals surface area contributed by atoms with Crippen LogP contribution >= 0.6 is 0 Å². The monoisotopic (exact) mass is 1170 g/mol. The predicted molar refractivity (Wildman–Crippen MR) is 277 cm³/mol. The van der Waals surface area contributed by atoms with Crippen LogP contribution in [-0.2, 0) is 52.2 Å². The molecule has 0 bridgehead atoms. The number of ether oxygens (including phenoxy) is 10. The molecule has 10 rings (SSSR count). The summed E-state index contributed by atoms with van der Waals surface area (Å²) in [5, 5.41) is 150. The van der Waals surface area contributed by atoms with E-state index in [1.165, 1.54) is 12.5 Å². The van der Waals surface area contributed by atoms with E-state index >= 15 is 4.79 Å². The smallest absolute Gasteiger partial charge is 0.315 e. The Labute approximate surface area is 476 Å². The first kappa shape index (κ1) is 63.1. The van der Waals surface area contributed by atoms with Gasteiger partial charge < -0.3 is 119 Å². The zero-order valence-corrected chi connectivity index (χ0v) is 47.5. The molecule has 25 heteroatoms. The summed E-state index contributed by atoms with van der Waals surface area (Å²) in [7, 11) is 0. The van der Waals surface area contributed by atoms with Gasteiger partial charge in [0.1, 0.15) is 104 Å². The third-order valence-corrected chi connectivity index (χ3v) is 22.1. The van der Waals surface area contributed by atoms with Gasteiger partial charge in [-0.2, -0.15) is 0 Å². The van der Waals surface area contributed by atoms with Crippen molar-refractivity contribution in [2.75, 3.05) is 26.4 Å². The molecule has 0 aromatic carbocycles. The second-order valence-electron chi connectivity index (χ2n) is 26.8. The molecule has 0 radical (unpaired) electrons. The lowest BCUT2D eigenvalue weighted by Crippen LogP contribution is -2.66. The molecule has 5 saturated heterocycles. The van der Waals surface area contributed by atoms with Gasteiger partial charge in [0.15, 0.2) is 25.2 Å². The average molecular weight is 1180 g/mol. The molecule has 14 N–H and O–H groups in total. The van der Waals surface area contributed by atoms with Crippen LogP contribution < -0.4 is 0 Å². The molecule has 10 aliphatic rings. The highest BCUT2D eigenvalue weighted by Gasteiger charge is 2.70. The lowest BCUT2D eigenvalue weighted by atomic mass is 9.34. The van der Waals surface area contributed by atoms with Crippen LogP contribution in [0.5, 0.6) is 0 Å². The third kappa shape index (κ3) is 10.6. The maximum absolute atomic E-state index is 15.1. The van der Waals surface area contributed by atoms with E-state index in [0.717, 1.165) is 31.3 Å². The minimum Gasteiger partial charge on any atom is -0.432 e. The first-order chi connectivity index (χ1) is 38.5. The molecule has 31 atom stereocenters. The normalized spacial score (nSPS) is 54.1. The van der Waals surface area contributed by atoms with Crippen molar-refractivity contribution in [1.82, 2.24) is 0 Å². The number of hydrogen-bond acceptors (Lipinski definition) is 25. The van der Waals surface area contributed by atoms with E-state index in [1.54, 1.807) is 0 Å². The largest absolute Gasteiger partial charge is 0.432 e. The second-order valence-corrected chi connectivity index (χ2v) is 26.8. The average Bonchev–Trinajstić information content (AvgIpc) is 0.761. The molecule has 82 heavy (non-hydrogen) atoms. The Kier molecular flexibility index (Phi) is 18.1. The van der Waals surface area contributed by atoms with Gasteiger partial charge in [0.05, 0.1) is 44.1 Å². The van der Waals surface area contributed by atoms with E-state index in [0.29, 0.717) is 38.5 Å². The SMILES string of the molecule is C=C1CCC2(C(=O)OC3OC(COC4OC(COC5OC(C)C(O)C(O)C5O)C(O)C(O)C4O)C(O)C(O)C3O)CCC3(C)C(=CCC4C5(C)CCC(OC6OCC(O)C(OC7OCC(O)C(O)C7O)C6O)C(C)(C)C5CCC43C)C2C1. The number of aliphatic hydroxyl groups excluding tert-OH is 14. The molecule has 5 aliphatic carbocycles. The van der Waals surface area contributed by atoms with Crippen molar-refractivity contribution in [3.05, 3.63) is 23.8 Å². The molecule has 5 aliphatic heterocycles. The molecule has 0 aromatic rings. The van der Waals surface area contributed by atoms with Gasteiger partial charge in [0, 0.05) is 5.92 Å². The molecular formula is C57H90O25. The zero-order valence-electron chi connectivity index (χ0n) is 47.5. The summed E-state index contributed by atoms with van der Waals surface area (Å²) in [6.45, 7) is 15.6. The first-order valence-electron chi connectivity index (χ1n) is 29.4. The number of aliphatic hydroxyl groups is 14. The fraction of sp³-hybridized carbons (Fsp3) is 0.912. The van der Waals surface area contributed by atoms with E-state index in [4.69, 9.17) is 47.4 Å². The van der Waals surface area contributed by atoms with Crippen LogP contribution in [0.2, 0.25) is 0 Å². The van der Waals surface area contributed by atoms with Crippen molar-refractivity contribution >= 4 is 5.97 Å². The minimum atomic E-state index is -1.89. The van der Waals surface area contributed by atoms with E-state index < -0.39 is 171 Å². The van der Waals surface area contributed by atoms with E-state index in [1.807, 2.05) is 0 Å². The standard InChI is InChI=1S/C57H90O25/c1-23-10-15-57(52(72)82-51-44(70)40(66)37(63)30(79-51)22-76-48-43(69)39(65)36(62)29(78-48)21-75-47-42(68)38(64)34(60)24(2)77-47)17-16-55(6)25(26(57)18-23)8-9-32-54(5)13-12-33(53(3,4)31(54)11-14-56(32,55)7)80-50-45(71)46(28(59)20-74-50)81-49-41(67)35(61)27(58)19-73-49/h8,24,26-51,58-71H,1,9-22H2,2-7H3. The topological polar surface area (TPSA) is 393 Å². The van der Waals surface area contributed by atoms with Gasteiger partial charge >= 0.3 is 5.97 Å². The summed E-state index contributed by atoms with van der Waals surface area (Å²) in [5.74, 6) is -0.537. The third-order valence-electron chi connectivity index (χ3n) is 22.1. The quantitative estimate of drug-likeness (QED) is 0.0551. The van der Waals surface area contributed by atoms with Crippen LogP contribution in [0.15, 0.2) is 23.8 Å². The van der Waals surface area contributed by atoms with Gasteiger partial charge in [-0.3, -0.25) is 4.79 Å². The van der Waals surface area contributed by atoms with E-state index in [9.17, 15) is 71.5 Å². The zero-order chi connectivity index (χ0) is 59.5. The summed E-state index contributed by atoms with van der Waals surface area (Å²) >= 11 is 0. The highest BCUT2D eigenvalue weighted by Crippen LogP contribution is 2.75. The van der Waals surface area contributed by atoms with Crippen molar-refractivity contribution in [3.63, 3.8) is 0 Å². The van der Waals surface area contributed by atoms with Gasteiger partial charge in [-0.05, 0) is 105 Å². The van der Waals surface area contributed by atoms with Crippen molar-refractivity contribution in [2.45, 2.75) is 253 Å². The molecule has 0 spiro atoms. The highest BCUT2D eigenvalue weighted by molar-refractivity contribution is 5.79. The van der Waals surface area contributed by atoms with Crippen LogP contribution in [0.3, 0.4) is 0 Å². The van der Waals surface area contributed by atoms with Crippen LogP contribution in [0.1, 0.15) is 106 Å². The summed E-state index contributed by atoms with van der Waals surface area (Å²) in [5.41, 5.74) is -0.0485. The fourth-order valence-electron chi connectivity index (χ4n) is 16.8. The Balaban J connectivity index is 0.803. The Morgan fingerprint density at radius 1 is 0.585 bits per heavy atom. The van der Waals surface area contributed by atoms with Crippen molar-refractivity contribution in [1.29, 1.82) is 0 Å². The fourth-order valence-corrected chi connectivity index (χ4v) is 16.8. The maximum atomic E-state index is 15.1. The summed E-state index contributed by atoms with van der Waals surface area (Å²) in [6, 6.07) is 0. The minimum absolute atomic E-state index is 0.165. The maximum Gasteiger partial charge on any atom is 0.315 e. The molecule has 0 aromatic heterocycles. The molecular weight excluding hydrogens is 1080 g/mol. The number of rotatable bonds is 12. The highest BCUT2D eigenvalue weighted by atomic mass is 16.8. The molecule has 9 fully saturated rings.